The number of hydrogen-bond donors (Lipinski definition) is 1. The number of anilines is 1. The number of carbonyl (C=O) groups excluding carboxylic acids is 1. The Morgan fingerprint density at radius 2 is 2.17 bits per heavy atom. The topological polar surface area (TPSA) is 54.5 Å². The van der Waals surface area contributed by atoms with Crippen molar-refractivity contribution in [2.75, 3.05) is 25.0 Å². The van der Waals surface area contributed by atoms with Crippen molar-refractivity contribution in [2.24, 2.45) is 0 Å². The number of carbonyl (C=O) groups is 1. The Balaban J connectivity index is 1.96. The van der Waals surface area contributed by atoms with Crippen molar-refractivity contribution < 1.29 is 9.53 Å². The maximum atomic E-state index is 12.2. The highest BCUT2D eigenvalue weighted by molar-refractivity contribution is 5.94. The van der Waals surface area contributed by atoms with Crippen LogP contribution in [0.1, 0.15) is 44.0 Å². The zero-order chi connectivity index (χ0) is 16.8. The Morgan fingerprint density at radius 3 is 2.78 bits per heavy atom. The molecular formula is C18H27N3O2. The number of esters is 1. The second-order valence-electron chi connectivity index (χ2n) is 6.51. The first-order chi connectivity index (χ1) is 11.0. The molecule has 126 valence electrons. The third-order valence-corrected chi connectivity index (χ3v) is 3.79. The van der Waals surface area contributed by atoms with Crippen molar-refractivity contribution in [3.63, 3.8) is 0 Å². The van der Waals surface area contributed by atoms with Gasteiger partial charge >= 0.3 is 5.97 Å². The highest BCUT2D eigenvalue weighted by Crippen LogP contribution is 2.19. The molecule has 1 saturated heterocycles. The van der Waals surface area contributed by atoms with E-state index in [0.29, 0.717) is 17.4 Å². The van der Waals surface area contributed by atoms with Gasteiger partial charge in [0.05, 0.1) is 6.10 Å². The fraction of sp³-hybridized carbons (Fsp3) is 0.556. The highest BCUT2D eigenvalue weighted by Gasteiger charge is 2.22. The number of pyridine rings is 1. The van der Waals surface area contributed by atoms with E-state index < -0.39 is 0 Å². The Hall–Kier alpha value is -1.88. The molecule has 23 heavy (non-hydrogen) atoms. The molecule has 1 aromatic heterocycles. The van der Waals surface area contributed by atoms with E-state index in [1.807, 2.05) is 13.8 Å². The molecule has 0 bridgehead atoms. The second-order valence-corrected chi connectivity index (χ2v) is 6.51. The number of nitrogens with zero attached hydrogens (tertiary/aromatic N) is 2. The van der Waals surface area contributed by atoms with Gasteiger partial charge in [0, 0.05) is 31.9 Å². The van der Waals surface area contributed by atoms with Gasteiger partial charge in [0.2, 0.25) is 0 Å². The molecule has 1 aliphatic rings. The van der Waals surface area contributed by atoms with Gasteiger partial charge in [-0.05, 0) is 45.7 Å². The monoisotopic (exact) mass is 317 g/mol. The molecule has 0 amide bonds. The minimum absolute atomic E-state index is 0.138. The fourth-order valence-corrected chi connectivity index (χ4v) is 2.77. The van der Waals surface area contributed by atoms with Gasteiger partial charge in [-0.15, -0.1) is 0 Å². The van der Waals surface area contributed by atoms with Gasteiger partial charge in [-0.2, -0.15) is 0 Å². The largest absolute Gasteiger partial charge is 0.459 e. The van der Waals surface area contributed by atoms with Crippen LogP contribution < -0.4 is 5.32 Å². The van der Waals surface area contributed by atoms with E-state index in [0.717, 1.165) is 32.5 Å². The van der Waals surface area contributed by atoms with Crippen molar-refractivity contribution in [1.82, 2.24) is 9.88 Å². The first-order valence-corrected chi connectivity index (χ1v) is 8.25. The van der Waals surface area contributed by atoms with Crippen molar-refractivity contribution >= 4 is 11.8 Å². The molecule has 2 heterocycles. The van der Waals surface area contributed by atoms with Crippen LogP contribution in [0.5, 0.6) is 0 Å². The number of ether oxygens (including phenoxy) is 1. The summed E-state index contributed by atoms with van der Waals surface area (Å²) in [7, 11) is 0. The lowest BCUT2D eigenvalue weighted by atomic mass is 10.0. The number of nitrogens with one attached hydrogen (secondary N) is 1. The van der Waals surface area contributed by atoms with Crippen molar-refractivity contribution in [3.05, 3.63) is 36.0 Å². The van der Waals surface area contributed by atoms with E-state index in [2.05, 4.69) is 28.7 Å². The molecule has 0 radical (unpaired) electrons. The van der Waals surface area contributed by atoms with Gasteiger partial charge in [0.25, 0.3) is 0 Å². The van der Waals surface area contributed by atoms with Gasteiger partial charge < -0.3 is 10.1 Å². The molecule has 5 heteroatoms. The van der Waals surface area contributed by atoms with Gasteiger partial charge in [-0.3, -0.25) is 4.90 Å². The van der Waals surface area contributed by atoms with Crippen molar-refractivity contribution in [1.29, 1.82) is 0 Å². The molecule has 1 N–H and O–H groups in total. The normalized spacial score (nSPS) is 16.3. The lowest BCUT2D eigenvalue weighted by molar-refractivity contribution is 0.0378. The zero-order valence-corrected chi connectivity index (χ0v) is 14.3. The first-order valence-electron chi connectivity index (χ1n) is 8.25. The summed E-state index contributed by atoms with van der Waals surface area (Å²) in [4.78, 5) is 18.9. The van der Waals surface area contributed by atoms with Crippen molar-refractivity contribution in [2.45, 2.75) is 45.8 Å². The smallest absolute Gasteiger partial charge is 0.342 e. The van der Waals surface area contributed by atoms with Gasteiger partial charge in [0.1, 0.15) is 11.4 Å². The van der Waals surface area contributed by atoms with Crippen LogP contribution in [0.4, 0.5) is 5.82 Å². The maximum Gasteiger partial charge on any atom is 0.342 e. The zero-order valence-electron chi connectivity index (χ0n) is 14.3. The summed E-state index contributed by atoms with van der Waals surface area (Å²) >= 11 is 0. The first kappa shape index (κ1) is 17.5. The standard InChI is InChI=1S/C18H27N3O2/c1-13(2)12-21-10-7-15(8-11-21)20-17-16(6-5-9-19-17)18(22)23-14(3)4/h5-6,9,14-15H,1,7-8,10-12H2,2-4H3,(H,19,20). The number of rotatable bonds is 6. The van der Waals surface area contributed by atoms with Crippen LogP contribution >= 0.6 is 0 Å². The average Bonchev–Trinajstić information content (AvgIpc) is 2.48. The van der Waals surface area contributed by atoms with Crippen LogP contribution in [0.2, 0.25) is 0 Å². The number of piperidine rings is 1. The number of likely N-dealkylation sites (tertiary alicyclic amines) is 1. The Kier molecular flexibility index (Phi) is 6.16. The maximum absolute atomic E-state index is 12.2. The van der Waals surface area contributed by atoms with Crippen LogP contribution in [0.3, 0.4) is 0 Å². The molecule has 0 atom stereocenters. The molecular weight excluding hydrogens is 290 g/mol. The Labute approximate surface area is 138 Å². The average molecular weight is 317 g/mol. The predicted molar refractivity (Wildman–Crippen MR) is 92.7 cm³/mol. The lowest BCUT2D eigenvalue weighted by Crippen LogP contribution is -2.40. The molecule has 0 saturated carbocycles. The Bertz CT molecular complexity index is 549. The van der Waals surface area contributed by atoms with Gasteiger partial charge in [-0.1, -0.05) is 12.2 Å². The molecule has 0 spiro atoms. The molecule has 5 nitrogen and oxygen atoms in total. The van der Waals surface area contributed by atoms with Crippen LogP contribution in [0.25, 0.3) is 0 Å². The summed E-state index contributed by atoms with van der Waals surface area (Å²) in [5.41, 5.74) is 1.70. The molecule has 2 rings (SSSR count). The lowest BCUT2D eigenvalue weighted by Gasteiger charge is -2.32. The van der Waals surface area contributed by atoms with E-state index >= 15 is 0 Å². The van der Waals surface area contributed by atoms with Crippen LogP contribution in [-0.2, 0) is 4.74 Å². The van der Waals surface area contributed by atoms with Crippen LogP contribution in [0, 0.1) is 0 Å². The van der Waals surface area contributed by atoms with E-state index in [-0.39, 0.29) is 12.1 Å². The Morgan fingerprint density at radius 1 is 1.48 bits per heavy atom. The molecule has 1 aliphatic heterocycles. The molecule has 1 aromatic rings. The van der Waals surface area contributed by atoms with E-state index in [1.165, 1.54) is 5.57 Å². The van der Waals surface area contributed by atoms with E-state index in [4.69, 9.17) is 4.74 Å². The second kappa shape index (κ2) is 8.11. The van der Waals surface area contributed by atoms with E-state index in [1.54, 1.807) is 18.3 Å². The van der Waals surface area contributed by atoms with Gasteiger partial charge in [-0.25, -0.2) is 9.78 Å². The van der Waals surface area contributed by atoms with Gasteiger partial charge in [0.15, 0.2) is 0 Å². The summed E-state index contributed by atoms with van der Waals surface area (Å²) in [6.45, 7) is 12.7. The third kappa shape index (κ3) is 5.36. The highest BCUT2D eigenvalue weighted by atomic mass is 16.5. The molecule has 0 aliphatic carbocycles. The van der Waals surface area contributed by atoms with Crippen molar-refractivity contribution in [3.8, 4) is 0 Å². The summed E-state index contributed by atoms with van der Waals surface area (Å²) in [6.07, 6.45) is 3.62. The fourth-order valence-electron chi connectivity index (χ4n) is 2.77. The summed E-state index contributed by atoms with van der Waals surface area (Å²) in [5.74, 6) is 0.298. The summed E-state index contributed by atoms with van der Waals surface area (Å²) in [6, 6.07) is 3.85. The predicted octanol–water partition coefficient (Wildman–Crippen LogP) is 3.10. The SMILES string of the molecule is C=C(C)CN1CCC(Nc2ncccc2C(=O)OC(C)C)CC1. The third-order valence-electron chi connectivity index (χ3n) is 3.79. The minimum atomic E-state index is -0.324. The molecule has 0 unspecified atom stereocenters. The number of hydrogen-bond acceptors (Lipinski definition) is 5. The summed E-state index contributed by atoms with van der Waals surface area (Å²) < 4.78 is 5.29. The quantitative estimate of drug-likeness (QED) is 0.645. The minimum Gasteiger partial charge on any atom is -0.459 e. The molecule has 0 aromatic carbocycles. The molecule has 1 fully saturated rings. The van der Waals surface area contributed by atoms with E-state index in [9.17, 15) is 4.79 Å². The number of aromatic nitrogens is 1. The summed E-state index contributed by atoms with van der Waals surface area (Å²) in [5, 5.41) is 3.42. The van der Waals surface area contributed by atoms with Crippen LogP contribution in [-0.4, -0.2) is 47.6 Å². The van der Waals surface area contributed by atoms with Crippen LogP contribution in [0.15, 0.2) is 30.5 Å².